The maximum Gasteiger partial charge on any atom is 0.161 e. The van der Waals surface area contributed by atoms with Crippen LogP contribution < -0.4 is 9.47 Å². The Kier molecular flexibility index (Phi) is 3.02. The van der Waals surface area contributed by atoms with Crippen LogP contribution in [-0.4, -0.2) is 23.2 Å². The average molecular weight is 263 g/mol. The van der Waals surface area contributed by atoms with Gasteiger partial charge in [0.05, 0.1) is 13.2 Å². The van der Waals surface area contributed by atoms with Crippen LogP contribution >= 0.6 is 11.6 Å². The molecule has 3 rings (SSSR count). The molecule has 0 unspecified atom stereocenters. The second-order valence-electron chi connectivity index (χ2n) is 3.91. The first-order valence-electron chi connectivity index (χ1n) is 5.71. The Morgan fingerprint density at radius 3 is 2.61 bits per heavy atom. The molecule has 0 bridgehead atoms. The van der Waals surface area contributed by atoms with Gasteiger partial charge in [-0.3, -0.25) is 4.98 Å². The summed E-state index contributed by atoms with van der Waals surface area (Å²) in [5, 5.41) is 0.381. The van der Waals surface area contributed by atoms with Gasteiger partial charge < -0.3 is 9.47 Å². The first-order valence-corrected chi connectivity index (χ1v) is 6.09. The van der Waals surface area contributed by atoms with E-state index < -0.39 is 0 Å². The van der Waals surface area contributed by atoms with Crippen LogP contribution in [0, 0.1) is 0 Å². The number of ether oxygens (including phenoxy) is 2. The molecular formula is C13H11ClN2O2. The normalized spacial score (nSPS) is 14.1. The molecule has 2 aromatic rings. The third-order valence-electron chi connectivity index (χ3n) is 2.67. The summed E-state index contributed by atoms with van der Waals surface area (Å²) in [6.07, 6.45) is 4.06. The van der Waals surface area contributed by atoms with Crippen molar-refractivity contribution >= 4 is 11.6 Å². The number of rotatable bonds is 1. The molecule has 1 aliphatic rings. The molecule has 0 saturated heterocycles. The van der Waals surface area contributed by atoms with Crippen molar-refractivity contribution in [3.05, 3.63) is 35.7 Å². The van der Waals surface area contributed by atoms with Gasteiger partial charge in [0.25, 0.3) is 0 Å². The maximum atomic E-state index is 6.03. The Labute approximate surface area is 110 Å². The molecule has 2 heterocycles. The highest BCUT2D eigenvalue weighted by atomic mass is 35.5. The number of benzene rings is 1. The number of fused-ring (bicyclic) bond motifs is 1. The zero-order valence-corrected chi connectivity index (χ0v) is 10.4. The van der Waals surface area contributed by atoms with Gasteiger partial charge in [-0.05, 0) is 18.2 Å². The smallest absolute Gasteiger partial charge is 0.161 e. The summed E-state index contributed by atoms with van der Waals surface area (Å²) in [7, 11) is 0. The Hall–Kier alpha value is -1.81. The van der Waals surface area contributed by atoms with E-state index in [1.54, 1.807) is 12.4 Å². The van der Waals surface area contributed by atoms with Gasteiger partial charge in [0, 0.05) is 24.4 Å². The molecule has 0 atom stereocenters. The topological polar surface area (TPSA) is 44.2 Å². The molecule has 0 aliphatic carbocycles. The van der Waals surface area contributed by atoms with Gasteiger partial charge in [0.15, 0.2) is 16.7 Å². The Bertz CT molecular complexity index is 575. The van der Waals surface area contributed by atoms with Gasteiger partial charge in [-0.1, -0.05) is 11.6 Å². The number of hydrogen-bond acceptors (Lipinski definition) is 4. The van der Waals surface area contributed by atoms with E-state index in [0.29, 0.717) is 24.1 Å². The quantitative estimate of drug-likeness (QED) is 0.793. The van der Waals surface area contributed by atoms with E-state index in [1.807, 2.05) is 18.2 Å². The number of halogens is 1. The van der Waals surface area contributed by atoms with E-state index >= 15 is 0 Å². The van der Waals surface area contributed by atoms with E-state index in [4.69, 9.17) is 21.1 Å². The fourth-order valence-corrected chi connectivity index (χ4v) is 2.04. The van der Waals surface area contributed by atoms with Crippen molar-refractivity contribution in [2.45, 2.75) is 6.42 Å². The summed E-state index contributed by atoms with van der Waals surface area (Å²) >= 11 is 6.03. The second kappa shape index (κ2) is 4.82. The highest BCUT2D eigenvalue weighted by Gasteiger charge is 2.13. The summed E-state index contributed by atoms with van der Waals surface area (Å²) in [6.45, 7) is 1.34. The molecule has 1 aromatic heterocycles. The highest BCUT2D eigenvalue weighted by molar-refractivity contribution is 6.31. The molecule has 92 valence electrons. The highest BCUT2D eigenvalue weighted by Crippen LogP contribution is 2.34. The summed E-state index contributed by atoms with van der Waals surface area (Å²) in [4.78, 5) is 8.25. The largest absolute Gasteiger partial charge is 0.490 e. The molecule has 1 aromatic carbocycles. The standard InChI is InChI=1S/C13H11ClN2O2/c14-13-12(15-4-5-16-13)9-2-3-10-11(8-9)18-7-1-6-17-10/h2-5,8H,1,6-7H2. The number of hydrogen-bond donors (Lipinski definition) is 0. The van der Waals surface area contributed by atoms with Crippen molar-refractivity contribution < 1.29 is 9.47 Å². The monoisotopic (exact) mass is 262 g/mol. The van der Waals surface area contributed by atoms with Crippen LogP contribution in [0.1, 0.15) is 6.42 Å². The first kappa shape index (κ1) is 11.3. The van der Waals surface area contributed by atoms with Gasteiger partial charge in [0.1, 0.15) is 5.69 Å². The zero-order valence-electron chi connectivity index (χ0n) is 9.60. The molecule has 0 N–H and O–H groups in total. The third kappa shape index (κ3) is 2.11. The third-order valence-corrected chi connectivity index (χ3v) is 2.95. The minimum Gasteiger partial charge on any atom is -0.490 e. The molecule has 0 saturated carbocycles. The van der Waals surface area contributed by atoms with Crippen molar-refractivity contribution in [3.8, 4) is 22.8 Å². The number of aromatic nitrogens is 2. The van der Waals surface area contributed by atoms with E-state index in [9.17, 15) is 0 Å². The van der Waals surface area contributed by atoms with E-state index in [-0.39, 0.29) is 0 Å². The van der Waals surface area contributed by atoms with E-state index in [0.717, 1.165) is 23.5 Å². The summed E-state index contributed by atoms with van der Waals surface area (Å²) in [5.74, 6) is 1.49. The van der Waals surface area contributed by atoms with Crippen molar-refractivity contribution in [3.63, 3.8) is 0 Å². The molecule has 1 aliphatic heterocycles. The molecular weight excluding hydrogens is 252 g/mol. The Balaban J connectivity index is 2.04. The second-order valence-corrected chi connectivity index (χ2v) is 4.27. The van der Waals surface area contributed by atoms with Crippen molar-refractivity contribution in [1.82, 2.24) is 9.97 Å². The lowest BCUT2D eigenvalue weighted by molar-refractivity contribution is 0.297. The molecule has 4 nitrogen and oxygen atoms in total. The molecule has 0 radical (unpaired) electrons. The van der Waals surface area contributed by atoms with Crippen LogP contribution in [0.4, 0.5) is 0 Å². The zero-order chi connectivity index (χ0) is 12.4. The summed E-state index contributed by atoms with van der Waals surface area (Å²) < 4.78 is 11.2. The molecule has 0 fully saturated rings. The lowest BCUT2D eigenvalue weighted by Crippen LogP contribution is -1.97. The minimum absolute atomic E-state index is 0.381. The fraction of sp³-hybridized carbons (Fsp3) is 0.231. The molecule has 18 heavy (non-hydrogen) atoms. The summed E-state index contributed by atoms with van der Waals surface area (Å²) in [6, 6.07) is 5.67. The van der Waals surface area contributed by atoms with Crippen LogP contribution in [0.25, 0.3) is 11.3 Å². The van der Waals surface area contributed by atoms with Crippen LogP contribution in [0.3, 0.4) is 0 Å². The van der Waals surface area contributed by atoms with Gasteiger partial charge in [-0.2, -0.15) is 0 Å². The van der Waals surface area contributed by atoms with Crippen LogP contribution in [0.5, 0.6) is 11.5 Å². The number of nitrogens with zero attached hydrogens (tertiary/aromatic N) is 2. The molecule has 0 amide bonds. The first-order chi connectivity index (χ1) is 8.84. The average Bonchev–Trinajstić information content (AvgIpc) is 2.63. The van der Waals surface area contributed by atoms with Crippen LogP contribution in [-0.2, 0) is 0 Å². The van der Waals surface area contributed by atoms with E-state index in [1.165, 1.54) is 0 Å². The minimum atomic E-state index is 0.381. The van der Waals surface area contributed by atoms with Gasteiger partial charge >= 0.3 is 0 Å². The van der Waals surface area contributed by atoms with Crippen molar-refractivity contribution in [2.75, 3.05) is 13.2 Å². The lowest BCUT2D eigenvalue weighted by Gasteiger charge is -2.09. The molecule has 5 heteroatoms. The molecule has 0 spiro atoms. The SMILES string of the molecule is Clc1nccnc1-c1ccc2c(c1)OCCCO2. The predicted molar refractivity (Wildman–Crippen MR) is 68.1 cm³/mol. The maximum absolute atomic E-state index is 6.03. The lowest BCUT2D eigenvalue weighted by atomic mass is 10.1. The van der Waals surface area contributed by atoms with Crippen molar-refractivity contribution in [2.24, 2.45) is 0 Å². The van der Waals surface area contributed by atoms with Gasteiger partial charge in [0.2, 0.25) is 0 Å². The Morgan fingerprint density at radius 1 is 1.00 bits per heavy atom. The van der Waals surface area contributed by atoms with E-state index in [2.05, 4.69) is 9.97 Å². The predicted octanol–water partition coefficient (Wildman–Crippen LogP) is 2.96. The van der Waals surface area contributed by atoms with Crippen LogP contribution in [0.2, 0.25) is 5.15 Å². The summed E-state index contributed by atoms with van der Waals surface area (Å²) in [5.41, 5.74) is 1.52. The van der Waals surface area contributed by atoms with Gasteiger partial charge in [-0.25, -0.2) is 4.98 Å². The van der Waals surface area contributed by atoms with Crippen LogP contribution in [0.15, 0.2) is 30.6 Å². The van der Waals surface area contributed by atoms with Crippen molar-refractivity contribution in [1.29, 1.82) is 0 Å². The van der Waals surface area contributed by atoms with Gasteiger partial charge in [-0.15, -0.1) is 0 Å². The Morgan fingerprint density at radius 2 is 1.78 bits per heavy atom. The fourth-order valence-electron chi connectivity index (χ4n) is 1.83.